The third-order valence-electron chi connectivity index (χ3n) is 6.94. The van der Waals surface area contributed by atoms with Crippen molar-refractivity contribution in [3.8, 4) is 0 Å². The number of aliphatic carboxylic acids is 1. The van der Waals surface area contributed by atoms with Gasteiger partial charge in [-0.2, -0.15) is 0 Å². The van der Waals surface area contributed by atoms with E-state index in [2.05, 4.69) is 55.1 Å². The normalized spacial score (nSPS) is 13.7. The van der Waals surface area contributed by atoms with Gasteiger partial charge in [-0.1, -0.05) is 69.7 Å². The van der Waals surface area contributed by atoms with E-state index in [1.165, 1.54) is 24.5 Å². The minimum absolute atomic E-state index is 0.0235. The summed E-state index contributed by atoms with van der Waals surface area (Å²) in [5.74, 6) is -1.80. The van der Waals surface area contributed by atoms with Gasteiger partial charge in [-0.15, -0.1) is 0 Å². The predicted octanol–water partition coefficient (Wildman–Crippen LogP) is 7.27. The van der Waals surface area contributed by atoms with Crippen molar-refractivity contribution in [2.75, 3.05) is 11.9 Å². The van der Waals surface area contributed by atoms with Crippen LogP contribution in [0.25, 0.3) is 15.8 Å². The molecule has 0 saturated carbocycles. The van der Waals surface area contributed by atoms with Crippen LogP contribution in [0.2, 0.25) is 0 Å². The second-order valence-corrected chi connectivity index (χ2v) is 11.8. The zero-order valence-electron chi connectivity index (χ0n) is 22.5. The highest BCUT2D eigenvalue weighted by Gasteiger charge is 2.20. The van der Waals surface area contributed by atoms with Crippen LogP contribution in [0.15, 0.2) is 71.2 Å². The summed E-state index contributed by atoms with van der Waals surface area (Å²) in [6.07, 6.45) is 6.59. The van der Waals surface area contributed by atoms with Crippen molar-refractivity contribution < 1.29 is 23.9 Å². The smallest absolute Gasteiger partial charge is 0.321 e. The molecule has 8 nitrogen and oxygen atoms in total. The Morgan fingerprint density at radius 3 is 2.40 bits per heavy atom. The molecule has 0 bridgehead atoms. The van der Waals surface area contributed by atoms with E-state index in [1.807, 2.05) is 12.1 Å². The lowest BCUT2D eigenvalue weighted by molar-refractivity contribution is -0.136. The van der Waals surface area contributed by atoms with Gasteiger partial charge in [0.15, 0.2) is 5.13 Å². The molecule has 1 aliphatic carbocycles. The zero-order valence-corrected chi connectivity index (χ0v) is 24.9. The molecule has 42 heavy (non-hydrogen) atoms. The number of allylic oxidation sites excluding steroid dienone is 2. The second kappa shape index (κ2) is 13.3. The molecule has 216 valence electrons. The number of hydrogen-bond donors (Lipinski definition) is 4. The summed E-state index contributed by atoms with van der Waals surface area (Å²) in [7, 11) is 0. The molecule has 1 unspecified atom stereocenters. The van der Waals surface area contributed by atoms with E-state index in [1.54, 1.807) is 30.3 Å². The van der Waals surface area contributed by atoms with E-state index in [0.29, 0.717) is 20.3 Å². The monoisotopic (exact) mass is 650 g/mol. The van der Waals surface area contributed by atoms with Crippen molar-refractivity contribution in [1.29, 1.82) is 0 Å². The number of thiazole rings is 1. The molecule has 1 heterocycles. The standard InChI is InChI=1S/C31H28BrFN4O4S/c32-23-16-24(33)28-25(17-23)35-31(42-28)37-30(41)36-27(20-8-6-19(7-9-20)18-4-2-1-3-5-18)21-10-12-22(13-11-21)29(40)34-15-14-26(38)39/h4,6-13,16-17,27H,1-3,5,14-15H2,(H,34,40)(H,38,39)(H2,35,36,37,41). The first kappa shape index (κ1) is 29.4. The van der Waals surface area contributed by atoms with Crippen molar-refractivity contribution in [3.63, 3.8) is 0 Å². The van der Waals surface area contributed by atoms with Crippen LogP contribution in [0.1, 0.15) is 65.2 Å². The number of hydrogen-bond acceptors (Lipinski definition) is 5. The number of aromatic nitrogens is 1. The summed E-state index contributed by atoms with van der Waals surface area (Å²) < 4.78 is 15.3. The number of urea groups is 1. The van der Waals surface area contributed by atoms with Crippen molar-refractivity contribution >= 4 is 66.1 Å². The average Bonchev–Trinajstić information content (AvgIpc) is 3.39. The van der Waals surface area contributed by atoms with Crippen molar-refractivity contribution in [2.24, 2.45) is 0 Å². The minimum atomic E-state index is -0.993. The Labute approximate surface area is 254 Å². The molecule has 0 fully saturated rings. The SMILES string of the molecule is O=C(O)CCNC(=O)c1ccc(C(NC(=O)Nc2nc3cc(Br)cc(F)c3s2)c2ccc(C3=CCCCC3)cc2)cc1. The number of halogens is 2. The van der Waals surface area contributed by atoms with Crippen LogP contribution in [0.3, 0.4) is 0 Å². The summed E-state index contributed by atoms with van der Waals surface area (Å²) in [4.78, 5) is 40.7. The number of carbonyl (C=O) groups is 3. The Morgan fingerprint density at radius 2 is 1.74 bits per heavy atom. The number of carboxylic acid groups (broad SMARTS) is 1. The van der Waals surface area contributed by atoms with Crippen LogP contribution in [-0.4, -0.2) is 34.5 Å². The topological polar surface area (TPSA) is 120 Å². The number of anilines is 1. The molecule has 0 radical (unpaired) electrons. The van der Waals surface area contributed by atoms with Gasteiger partial charge in [-0.05, 0) is 72.2 Å². The highest BCUT2D eigenvalue weighted by molar-refractivity contribution is 9.10. The van der Waals surface area contributed by atoms with Crippen LogP contribution in [-0.2, 0) is 4.79 Å². The molecule has 1 atom stereocenters. The number of benzene rings is 3. The maximum absolute atomic E-state index is 14.4. The number of fused-ring (bicyclic) bond motifs is 1. The lowest BCUT2D eigenvalue weighted by atomic mass is 9.91. The summed E-state index contributed by atoms with van der Waals surface area (Å²) in [5.41, 5.74) is 4.85. The molecule has 3 amide bonds. The maximum Gasteiger partial charge on any atom is 0.321 e. The molecular weight excluding hydrogens is 623 g/mol. The van der Waals surface area contributed by atoms with E-state index in [-0.39, 0.29) is 24.0 Å². The van der Waals surface area contributed by atoms with Gasteiger partial charge in [-0.3, -0.25) is 14.9 Å². The molecule has 1 aromatic heterocycles. The van der Waals surface area contributed by atoms with Crippen LogP contribution in [0.5, 0.6) is 0 Å². The van der Waals surface area contributed by atoms with Crippen LogP contribution in [0.4, 0.5) is 14.3 Å². The fourth-order valence-electron chi connectivity index (χ4n) is 4.84. The number of carbonyl (C=O) groups excluding carboxylic acids is 2. The molecule has 0 aliphatic heterocycles. The first-order chi connectivity index (χ1) is 20.3. The third kappa shape index (κ3) is 7.21. The fourth-order valence-corrected chi connectivity index (χ4v) is 6.10. The Bertz CT molecular complexity index is 1650. The lowest BCUT2D eigenvalue weighted by Crippen LogP contribution is -2.33. The van der Waals surface area contributed by atoms with Gasteiger partial charge < -0.3 is 15.7 Å². The molecule has 1 aliphatic rings. The van der Waals surface area contributed by atoms with Crippen LogP contribution < -0.4 is 16.0 Å². The van der Waals surface area contributed by atoms with E-state index in [0.717, 1.165) is 40.9 Å². The van der Waals surface area contributed by atoms with Crippen molar-refractivity contribution in [3.05, 3.63) is 99.3 Å². The van der Waals surface area contributed by atoms with Gasteiger partial charge in [0.1, 0.15) is 5.82 Å². The largest absolute Gasteiger partial charge is 0.481 e. The van der Waals surface area contributed by atoms with E-state index in [9.17, 15) is 18.8 Å². The average molecular weight is 652 g/mol. The number of nitrogens with one attached hydrogen (secondary N) is 3. The second-order valence-electron chi connectivity index (χ2n) is 9.91. The Balaban J connectivity index is 1.37. The Hall–Kier alpha value is -4.09. The van der Waals surface area contributed by atoms with E-state index in [4.69, 9.17) is 5.11 Å². The molecule has 4 aromatic rings. The number of amides is 3. The summed E-state index contributed by atoms with van der Waals surface area (Å²) >= 11 is 4.31. The lowest BCUT2D eigenvalue weighted by Gasteiger charge is -2.21. The molecule has 0 saturated heterocycles. The predicted molar refractivity (Wildman–Crippen MR) is 165 cm³/mol. The van der Waals surface area contributed by atoms with Gasteiger partial charge in [-0.25, -0.2) is 14.2 Å². The molecule has 5 rings (SSSR count). The molecule has 3 aromatic carbocycles. The van der Waals surface area contributed by atoms with Crippen molar-refractivity contribution in [2.45, 2.75) is 38.1 Å². The fraction of sp³-hybridized carbons (Fsp3) is 0.226. The highest BCUT2D eigenvalue weighted by Crippen LogP contribution is 2.32. The Kier molecular flexibility index (Phi) is 9.28. The zero-order chi connectivity index (χ0) is 29.6. The minimum Gasteiger partial charge on any atom is -0.481 e. The Morgan fingerprint density at radius 1 is 1.02 bits per heavy atom. The number of carboxylic acids is 1. The van der Waals surface area contributed by atoms with Gasteiger partial charge in [0.05, 0.1) is 22.7 Å². The molecule has 4 N–H and O–H groups in total. The van der Waals surface area contributed by atoms with Crippen LogP contribution in [0, 0.1) is 5.82 Å². The third-order valence-corrected chi connectivity index (χ3v) is 8.39. The quantitative estimate of drug-likeness (QED) is 0.152. The van der Waals surface area contributed by atoms with Gasteiger partial charge in [0.25, 0.3) is 5.91 Å². The highest BCUT2D eigenvalue weighted by atomic mass is 79.9. The van der Waals surface area contributed by atoms with Crippen molar-refractivity contribution in [1.82, 2.24) is 15.6 Å². The first-order valence-electron chi connectivity index (χ1n) is 13.5. The summed E-state index contributed by atoms with van der Waals surface area (Å²) in [5, 5.41) is 17.4. The van der Waals surface area contributed by atoms with Gasteiger partial charge >= 0.3 is 12.0 Å². The van der Waals surface area contributed by atoms with E-state index >= 15 is 0 Å². The number of rotatable bonds is 9. The summed E-state index contributed by atoms with van der Waals surface area (Å²) in [6.45, 7) is 0.0235. The van der Waals surface area contributed by atoms with Gasteiger partial charge in [0, 0.05) is 16.6 Å². The molecule has 0 spiro atoms. The number of nitrogens with zero attached hydrogens (tertiary/aromatic N) is 1. The maximum atomic E-state index is 14.4. The van der Waals surface area contributed by atoms with E-state index < -0.39 is 23.9 Å². The van der Waals surface area contributed by atoms with Crippen LogP contribution >= 0.6 is 27.3 Å². The molecule has 11 heteroatoms. The molecular formula is C31H28BrFN4O4S. The van der Waals surface area contributed by atoms with Gasteiger partial charge in [0.2, 0.25) is 0 Å². The first-order valence-corrected chi connectivity index (χ1v) is 15.1. The summed E-state index contributed by atoms with van der Waals surface area (Å²) in [6, 6.07) is 16.8.